The molecule has 0 unspecified atom stereocenters. The number of aryl methyl sites for hydroxylation is 2. The van der Waals surface area contributed by atoms with Gasteiger partial charge in [0.15, 0.2) is 5.16 Å². The second-order valence-electron chi connectivity index (χ2n) is 4.16. The Morgan fingerprint density at radius 2 is 1.95 bits per heavy atom. The van der Waals surface area contributed by atoms with Gasteiger partial charge in [-0.15, -0.1) is 0 Å². The highest BCUT2D eigenvalue weighted by atomic mass is 32.2. The molecule has 0 spiro atoms. The molecule has 0 bridgehead atoms. The summed E-state index contributed by atoms with van der Waals surface area (Å²) in [4.78, 5) is 8.55. The Bertz CT molecular complexity index is 523. The molecule has 1 aromatic carbocycles. The van der Waals surface area contributed by atoms with Gasteiger partial charge in [-0.1, -0.05) is 23.9 Å². The van der Waals surface area contributed by atoms with Crippen LogP contribution in [0.15, 0.2) is 35.5 Å². The van der Waals surface area contributed by atoms with Crippen molar-refractivity contribution in [2.75, 3.05) is 18.6 Å². The van der Waals surface area contributed by atoms with Crippen molar-refractivity contribution >= 4 is 17.6 Å². The predicted molar refractivity (Wildman–Crippen MR) is 78.6 cm³/mol. The van der Waals surface area contributed by atoms with E-state index in [0.29, 0.717) is 5.82 Å². The second-order valence-corrected chi connectivity index (χ2v) is 5.23. The molecular weight excluding hydrogens is 258 g/mol. The van der Waals surface area contributed by atoms with E-state index in [1.165, 1.54) is 5.56 Å². The highest BCUT2D eigenvalue weighted by Gasteiger charge is 2.01. The largest absolute Gasteiger partial charge is 0.497 e. The zero-order valence-corrected chi connectivity index (χ0v) is 11.9. The van der Waals surface area contributed by atoms with E-state index in [4.69, 9.17) is 10.5 Å². The Morgan fingerprint density at radius 3 is 2.58 bits per heavy atom. The molecule has 2 aromatic rings. The number of rotatable bonds is 5. The summed E-state index contributed by atoms with van der Waals surface area (Å²) in [5, 5.41) is 0.742. The normalized spacial score (nSPS) is 10.4. The Balaban J connectivity index is 1.88. The second kappa shape index (κ2) is 6.43. The molecular formula is C14H17N3OS. The highest BCUT2D eigenvalue weighted by molar-refractivity contribution is 7.99. The van der Waals surface area contributed by atoms with E-state index in [2.05, 4.69) is 22.1 Å². The van der Waals surface area contributed by atoms with Gasteiger partial charge in [0.05, 0.1) is 7.11 Å². The summed E-state index contributed by atoms with van der Waals surface area (Å²) < 4.78 is 5.13. The molecule has 0 aliphatic heterocycles. The van der Waals surface area contributed by atoms with Gasteiger partial charge >= 0.3 is 0 Å². The minimum Gasteiger partial charge on any atom is -0.497 e. The maximum atomic E-state index is 5.70. The number of thioether (sulfide) groups is 1. The molecule has 0 saturated heterocycles. The average molecular weight is 275 g/mol. The molecule has 0 radical (unpaired) electrons. The van der Waals surface area contributed by atoms with Gasteiger partial charge < -0.3 is 10.5 Å². The molecule has 2 rings (SSSR count). The van der Waals surface area contributed by atoms with Crippen LogP contribution in [-0.4, -0.2) is 22.8 Å². The van der Waals surface area contributed by atoms with Crippen LogP contribution in [-0.2, 0) is 6.42 Å². The first-order valence-electron chi connectivity index (χ1n) is 6.04. The fourth-order valence-corrected chi connectivity index (χ4v) is 2.58. The van der Waals surface area contributed by atoms with E-state index in [1.54, 1.807) is 24.9 Å². The SMILES string of the molecule is COc1ccc(CCSc2nc(C)cc(N)n2)cc1. The lowest BCUT2D eigenvalue weighted by molar-refractivity contribution is 0.414. The number of nitrogens with zero attached hydrogens (tertiary/aromatic N) is 2. The number of methoxy groups -OCH3 is 1. The molecule has 0 fully saturated rings. The third-order valence-electron chi connectivity index (χ3n) is 2.63. The van der Waals surface area contributed by atoms with Gasteiger partial charge in [-0.2, -0.15) is 0 Å². The number of anilines is 1. The van der Waals surface area contributed by atoms with Crippen molar-refractivity contribution in [3.8, 4) is 5.75 Å². The molecule has 0 aliphatic rings. The van der Waals surface area contributed by atoms with Gasteiger partial charge in [-0.25, -0.2) is 9.97 Å². The van der Waals surface area contributed by atoms with Crippen LogP contribution in [0.5, 0.6) is 5.75 Å². The number of aromatic nitrogens is 2. The lowest BCUT2D eigenvalue weighted by atomic mass is 10.2. The minimum atomic E-state index is 0.527. The van der Waals surface area contributed by atoms with Gasteiger partial charge in [0.1, 0.15) is 11.6 Å². The molecule has 4 nitrogen and oxygen atoms in total. The Labute approximate surface area is 117 Å². The average Bonchev–Trinajstić information content (AvgIpc) is 2.38. The molecule has 0 amide bonds. The number of nitrogens with two attached hydrogens (primary N) is 1. The standard InChI is InChI=1S/C14H17N3OS/c1-10-9-13(15)17-14(16-10)19-8-7-11-3-5-12(18-2)6-4-11/h3-6,9H,7-8H2,1-2H3,(H2,15,16,17). The van der Waals surface area contributed by atoms with E-state index >= 15 is 0 Å². The number of hydrogen-bond acceptors (Lipinski definition) is 5. The summed E-state index contributed by atoms with van der Waals surface area (Å²) in [6.45, 7) is 1.92. The first kappa shape index (κ1) is 13.7. The minimum absolute atomic E-state index is 0.527. The van der Waals surface area contributed by atoms with Gasteiger partial charge in [0.2, 0.25) is 0 Å². The maximum Gasteiger partial charge on any atom is 0.189 e. The number of ether oxygens (including phenoxy) is 1. The van der Waals surface area contributed by atoms with Crippen molar-refractivity contribution in [3.05, 3.63) is 41.6 Å². The topological polar surface area (TPSA) is 61.0 Å². The maximum absolute atomic E-state index is 5.70. The third-order valence-corrected chi connectivity index (χ3v) is 3.48. The van der Waals surface area contributed by atoms with E-state index < -0.39 is 0 Å². The van der Waals surface area contributed by atoms with Crippen LogP contribution in [0.25, 0.3) is 0 Å². The van der Waals surface area contributed by atoms with Crippen molar-refractivity contribution in [1.29, 1.82) is 0 Å². The number of nitrogen functional groups attached to an aromatic ring is 1. The first-order valence-corrected chi connectivity index (χ1v) is 7.03. The van der Waals surface area contributed by atoms with Crippen molar-refractivity contribution in [3.63, 3.8) is 0 Å². The predicted octanol–water partition coefficient (Wildman–Crippen LogP) is 2.71. The molecule has 100 valence electrons. The number of benzene rings is 1. The van der Waals surface area contributed by atoms with Crippen LogP contribution >= 0.6 is 11.8 Å². The highest BCUT2D eigenvalue weighted by Crippen LogP contribution is 2.18. The van der Waals surface area contributed by atoms with Crippen LogP contribution in [0.3, 0.4) is 0 Å². The molecule has 1 heterocycles. The van der Waals surface area contributed by atoms with Crippen molar-refractivity contribution < 1.29 is 4.74 Å². The van der Waals surface area contributed by atoms with E-state index in [1.807, 2.05) is 19.1 Å². The van der Waals surface area contributed by atoms with Gasteiger partial charge in [0.25, 0.3) is 0 Å². The summed E-state index contributed by atoms with van der Waals surface area (Å²) in [7, 11) is 1.67. The van der Waals surface area contributed by atoms with Crippen LogP contribution in [0.2, 0.25) is 0 Å². The van der Waals surface area contributed by atoms with Crippen LogP contribution in [0.4, 0.5) is 5.82 Å². The van der Waals surface area contributed by atoms with Gasteiger partial charge in [-0.05, 0) is 31.0 Å². The number of hydrogen-bond donors (Lipinski definition) is 1. The first-order chi connectivity index (χ1) is 9.17. The summed E-state index contributed by atoms with van der Waals surface area (Å²) in [5.74, 6) is 2.33. The zero-order chi connectivity index (χ0) is 13.7. The molecule has 0 saturated carbocycles. The quantitative estimate of drug-likeness (QED) is 0.671. The third kappa shape index (κ3) is 4.13. The van der Waals surface area contributed by atoms with Crippen molar-refractivity contribution in [1.82, 2.24) is 9.97 Å². The summed E-state index contributed by atoms with van der Waals surface area (Å²) in [6.07, 6.45) is 0.964. The molecule has 0 aliphatic carbocycles. The van der Waals surface area contributed by atoms with Crippen LogP contribution in [0.1, 0.15) is 11.3 Å². The lowest BCUT2D eigenvalue weighted by Gasteiger charge is -2.04. The van der Waals surface area contributed by atoms with E-state index in [-0.39, 0.29) is 0 Å². The molecule has 0 atom stereocenters. The summed E-state index contributed by atoms with van der Waals surface area (Å²) >= 11 is 1.62. The van der Waals surface area contributed by atoms with Crippen molar-refractivity contribution in [2.24, 2.45) is 0 Å². The summed E-state index contributed by atoms with van der Waals surface area (Å²) in [6, 6.07) is 9.87. The van der Waals surface area contributed by atoms with Gasteiger partial charge in [-0.3, -0.25) is 0 Å². The summed E-state index contributed by atoms with van der Waals surface area (Å²) in [5.41, 5.74) is 7.87. The van der Waals surface area contributed by atoms with E-state index in [9.17, 15) is 0 Å². The van der Waals surface area contributed by atoms with Crippen molar-refractivity contribution in [2.45, 2.75) is 18.5 Å². The Kier molecular flexibility index (Phi) is 4.63. The zero-order valence-electron chi connectivity index (χ0n) is 11.1. The molecule has 19 heavy (non-hydrogen) atoms. The van der Waals surface area contributed by atoms with E-state index in [0.717, 1.165) is 28.8 Å². The molecule has 1 aromatic heterocycles. The lowest BCUT2D eigenvalue weighted by Crippen LogP contribution is -1.98. The fraction of sp³-hybridized carbons (Fsp3) is 0.286. The van der Waals surface area contributed by atoms with Crippen LogP contribution in [0, 0.1) is 6.92 Å². The smallest absolute Gasteiger partial charge is 0.189 e. The van der Waals surface area contributed by atoms with Gasteiger partial charge in [0, 0.05) is 17.5 Å². The monoisotopic (exact) mass is 275 g/mol. The fourth-order valence-electron chi connectivity index (χ4n) is 1.68. The molecule has 5 heteroatoms. The Hall–Kier alpha value is -1.75. The Morgan fingerprint density at radius 1 is 1.21 bits per heavy atom. The van der Waals surface area contributed by atoms with Crippen LogP contribution < -0.4 is 10.5 Å². The molecule has 2 N–H and O–H groups in total.